The molecular weight excluding hydrogens is 386 g/mol. The van der Waals surface area contributed by atoms with Gasteiger partial charge in [0.15, 0.2) is 0 Å². The van der Waals surface area contributed by atoms with Crippen LogP contribution in [0.2, 0.25) is 0 Å². The number of anilines is 5. The van der Waals surface area contributed by atoms with E-state index in [0.717, 1.165) is 48.5 Å². The van der Waals surface area contributed by atoms with E-state index in [9.17, 15) is 0 Å². The molecule has 7 nitrogen and oxygen atoms in total. The van der Waals surface area contributed by atoms with Crippen LogP contribution in [0.1, 0.15) is 0 Å². The first-order valence-electron chi connectivity index (χ1n) is 10.5. The van der Waals surface area contributed by atoms with Gasteiger partial charge in [0, 0.05) is 49.1 Å². The Bertz CT molecular complexity index is 1170. The number of fused-ring (bicyclic) bond motifs is 1. The number of pyridine rings is 1. The van der Waals surface area contributed by atoms with Crippen LogP contribution in [-0.4, -0.2) is 53.1 Å². The molecule has 31 heavy (non-hydrogen) atoms. The molecule has 0 amide bonds. The van der Waals surface area contributed by atoms with Crippen LogP contribution < -0.4 is 15.5 Å². The van der Waals surface area contributed by atoms with Crippen molar-refractivity contribution in [2.75, 3.05) is 48.8 Å². The van der Waals surface area contributed by atoms with Crippen LogP contribution in [0.5, 0.6) is 0 Å². The van der Waals surface area contributed by atoms with Crippen molar-refractivity contribution in [3.63, 3.8) is 0 Å². The molecule has 3 heterocycles. The number of aromatic nitrogens is 3. The Morgan fingerprint density at radius 2 is 1.61 bits per heavy atom. The van der Waals surface area contributed by atoms with Gasteiger partial charge in [-0.25, -0.2) is 4.98 Å². The molecule has 0 bridgehead atoms. The number of nitrogens with zero attached hydrogens (tertiary/aromatic N) is 5. The summed E-state index contributed by atoms with van der Waals surface area (Å²) in [7, 11) is 2.17. The highest BCUT2D eigenvalue weighted by atomic mass is 15.2. The number of rotatable bonds is 5. The first-order valence-corrected chi connectivity index (χ1v) is 10.5. The third-order valence-corrected chi connectivity index (χ3v) is 5.51. The van der Waals surface area contributed by atoms with Crippen molar-refractivity contribution < 1.29 is 0 Å². The summed E-state index contributed by atoms with van der Waals surface area (Å²) in [6.07, 6.45) is 3.55. The predicted octanol–water partition coefficient (Wildman–Crippen LogP) is 4.26. The fourth-order valence-corrected chi connectivity index (χ4v) is 3.73. The van der Waals surface area contributed by atoms with E-state index in [1.54, 1.807) is 6.20 Å². The Balaban J connectivity index is 1.26. The maximum absolute atomic E-state index is 4.59. The number of hydrogen-bond acceptors (Lipinski definition) is 7. The van der Waals surface area contributed by atoms with E-state index >= 15 is 0 Å². The molecule has 1 fully saturated rings. The topological polar surface area (TPSA) is 69.2 Å². The summed E-state index contributed by atoms with van der Waals surface area (Å²) >= 11 is 0. The number of hydrogen-bond donors (Lipinski definition) is 2. The third kappa shape index (κ3) is 4.57. The minimum absolute atomic E-state index is 0.547. The van der Waals surface area contributed by atoms with Crippen molar-refractivity contribution in [1.29, 1.82) is 0 Å². The zero-order valence-electron chi connectivity index (χ0n) is 17.5. The summed E-state index contributed by atoms with van der Waals surface area (Å²) < 4.78 is 0. The van der Waals surface area contributed by atoms with Crippen LogP contribution in [0.4, 0.5) is 28.8 Å². The smallest absolute Gasteiger partial charge is 0.229 e. The molecule has 1 aliphatic rings. The lowest BCUT2D eigenvalue weighted by Crippen LogP contribution is -2.44. The van der Waals surface area contributed by atoms with E-state index in [2.05, 4.69) is 72.8 Å². The van der Waals surface area contributed by atoms with Crippen molar-refractivity contribution in [1.82, 2.24) is 19.9 Å². The minimum Gasteiger partial charge on any atom is -0.369 e. The Morgan fingerprint density at radius 1 is 0.806 bits per heavy atom. The molecule has 5 rings (SSSR count). The van der Waals surface area contributed by atoms with Crippen LogP contribution in [-0.2, 0) is 0 Å². The van der Waals surface area contributed by atoms with Crippen molar-refractivity contribution in [3.05, 3.63) is 73.1 Å². The molecule has 1 saturated heterocycles. The van der Waals surface area contributed by atoms with E-state index < -0.39 is 0 Å². The molecule has 2 aromatic heterocycles. The molecule has 0 unspecified atom stereocenters. The molecule has 0 atom stereocenters. The minimum atomic E-state index is 0.547. The molecule has 1 aliphatic heterocycles. The lowest BCUT2D eigenvalue weighted by atomic mass is 10.2. The normalized spacial score (nSPS) is 14.5. The van der Waals surface area contributed by atoms with E-state index in [4.69, 9.17) is 0 Å². The van der Waals surface area contributed by atoms with Gasteiger partial charge in [-0.05, 0) is 49.5 Å². The first-order chi connectivity index (χ1) is 15.2. The van der Waals surface area contributed by atoms with Gasteiger partial charge in [-0.2, -0.15) is 4.98 Å². The van der Waals surface area contributed by atoms with Crippen LogP contribution in [0.25, 0.3) is 10.9 Å². The lowest BCUT2D eigenvalue weighted by Gasteiger charge is -2.34. The molecule has 2 aromatic carbocycles. The van der Waals surface area contributed by atoms with Gasteiger partial charge in [-0.3, -0.25) is 4.98 Å². The number of likely N-dealkylation sites (N-methyl/N-ethyl adjacent to an activating group) is 1. The summed E-state index contributed by atoms with van der Waals surface area (Å²) in [6, 6.07) is 20.4. The summed E-state index contributed by atoms with van der Waals surface area (Å²) in [4.78, 5) is 18.2. The Labute approximate surface area is 181 Å². The summed E-state index contributed by atoms with van der Waals surface area (Å²) in [6.45, 7) is 4.31. The average molecular weight is 412 g/mol. The zero-order chi connectivity index (χ0) is 21.0. The molecule has 4 aromatic rings. The molecular formula is C24H25N7. The van der Waals surface area contributed by atoms with Gasteiger partial charge in [-0.1, -0.05) is 18.2 Å². The molecule has 0 saturated carbocycles. The second-order valence-corrected chi connectivity index (χ2v) is 7.77. The zero-order valence-corrected chi connectivity index (χ0v) is 17.5. The monoisotopic (exact) mass is 411 g/mol. The number of piperazine rings is 1. The van der Waals surface area contributed by atoms with Gasteiger partial charge < -0.3 is 20.4 Å². The highest BCUT2D eigenvalue weighted by Crippen LogP contribution is 2.23. The van der Waals surface area contributed by atoms with Gasteiger partial charge in [0.25, 0.3) is 0 Å². The van der Waals surface area contributed by atoms with Crippen molar-refractivity contribution >= 4 is 39.7 Å². The highest BCUT2D eigenvalue weighted by molar-refractivity contribution is 5.82. The van der Waals surface area contributed by atoms with Crippen LogP contribution in [0.3, 0.4) is 0 Å². The number of nitrogens with one attached hydrogen (secondary N) is 2. The molecule has 0 radical (unpaired) electrons. The largest absolute Gasteiger partial charge is 0.369 e. The Kier molecular flexibility index (Phi) is 5.33. The van der Waals surface area contributed by atoms with E-state index in [0.29, 0.717) is 11.8 Å². The quantitative estimate of drug-likeness (QED) is 0.508. The molecule has 156 valence electrons. The second-order valence-electron chi connectivity index (χ2n) is 7.77. The van der Waals surface area contributed by atoms with Crippen LogP contribution >= 0.6 is 0 Å². The summed E-state index contributed by atoms with van der Waals surface area (Å²) in [5.74, 6) is 1.26. The Hall–Kier alpha value is -3.71. The van der Waals surface area contributed by atoms with E-state index in [-0.39, 0.29) is 0 Å². The van der Waals surface area contributed by atoms with Gasteiger partial charge >= 0.3 is 0 Å². The maximum Gasteiger partial charge on any atom is 0.229 e. The van der Waals surface area contributed by atoms with Crippen molar-refractivity contribution in [2.45, 2.75) is 0 Å². The third-order valence-electron chi connectivity index (χ3n) is 5.51. The predicted molar refractivity (Wildman–Crippen MR) is 126 cm³/mol. The van der Waals surface area contributed by atoms with E-state index in [1.807, 2.05) is 36.5 Å². The standard InChI is InChI=1S/C24H25N7/c1-30-12-14-31(15-13-30)21-8-6-19(7-9-21)28-24-25-11-10-23(29-24)27-20-16-18-4-2-3-5-22(18)26-17-20/h2-11,16-17H,12-15H2,1H3,(H2,25,27,28,29). The lowest BCUT2D eigenvalue weighted by molar-refractivity contribution is 0.313. The molecule has 2 N–H and O–H groups in total. The van der Waals surface area contributed by atoms with E-state index in [1.165, 1.54) is 5.69 Å². The average Bonchev–Trinajstić information content (AvgIpc) is 2.80. The number of para-hydroxylation sites is 1. The van der Waals surface area contributed by atoms with Gasteiger partial charge in [0.05, 0.1) is 17.4 Å². The van der Waals surface area contributed by atoms with Crippen molar-refractivity contribution in [2.24, 2.45) is 0 Å². The Morgan fingerprint density at radius 3 is 2.45 bits per heavy atom. The van der Waals surface area contributed by atoms with Crippen LogP contribution in [0, 0.1) is 0 Å². The summed E-state index contributed by atoms with van der Waals surface area (Å²) in [5.41, 5.74) is 4.07. The van der Waals surface area contributed by atoms with Crippen molar-refractivity contribution in [3.8, 4) is 0 Å². The van der Waals surface area contributed by atoms with Gasteiger partial charge in [-0.15, -0.1) is 0 Å². The highest BCUT2D eigenvalue weighted by Gasteiger charge is 2.14. The molecule has 0 aliphatic carbocycles. The fourth-order valence-electron chi connectivity index (χ4n) is 3.73. The first kappa shape index (κ1) is 19.3. The molecule has 7 heteroatoms. The fraction of sp³-hybridized carbons (Fsp3) is 0.208. The van der Waals surface area contributed by atoms with Crippen LogP contribution in [0.15, 0.2) is 73.1 Å². The summed E-state index contributed by atoms with van der Waals surface area (Å²) in [5, 5.41) is 7.69. The van der Waals surface area contributed by atoms with Gasteiger partial charge in [0.1, 0.15) is 5.82 Å². The second kappa shape index (κ2) is 8.57. The maximum atomic E-state index is 4.59. The molecule has 0 spiro atoms. The SMILES string of the molecule is CN1CCN(c2ccc(Nc3nccc(Nc4cnc5ccccc5c4)n3)cc2)CC1. The number of benzene rings is 2. The van der Waals surface area contributed by atoms with Gasteiger partial charge in [0.2, 0.25) is 5.95 Å².